The summed E-state index contributed by atoms with van der Waals surface area (Å²) in [5.41, 5.74) is -0.749. The number of hydrogen-bond donors (Lipinski definition) is 2. The van der Waals surface area contributed by atoms with Crippen LogP contribution >= 0.6 is 0 Å². The van der Waals surface area contributed by atoms with E-state index in [1.54, 1.807) is 25.1 Å². The molecule has 1 saturated heterocycles. The molecule has 0 amide bonds. The van der Waals surface area contributed by atoms with Crippen LogP contribution in [-0.2, 0) is 5.60 Å². The van der Waals surface area contributed by atoms with Crippen molar-refractivity contribution in [3.63, 3.8) is 0 Å². The van der Waals surface area contributed by atoms with E-state index in [-0.39, 0.29) is 11.9 Å². The van der Waals surface area contributed by atoms with E-state index in [2.05, 4.69) is 5.32 Å². The molecule has 88 valence electrons. The van der Waals surface area contributed by atoms with Crippen LogP contribution in [0, 0.1) is 5.82 Å². The second-order valence-electron chi connectivity index (χ2n) is 4.63. The van der Waals surface area contributed by atoms with Crippen molar-refractivity contribution in [1.29, 1.82) is 0 Å². The van der Waals surface area contributed by atoms with Gasteiger partial charge in [0, 0.05) is 11.6 Å². The standard InChI is InChI=1S/C13H18FNO/c1-13(16,12-8-4-5-9-15-12)10-6-2-3-7-11(10)14/h2-3,6-7,12,15-16H,4-5,8-9H2,1H3. The number of halogens is 1. The summed E-state index contributed by atoms with van der Waals surface area (Å²) in [6.45, 7) is 2.59. The molecule has 16 heavy (non-hydrogen) atoms. The van der Waals surface area contributed by atoms with E-state index in [4.69, 9.17) is 0 Å². The van der Waals surface area contributed by atoms with E-state index in [1.165, 1.54) is 6.07 Å². The molecule has 2 atom stereocenters. The fourth-order valence-corrected chi connectivity index (χ4v) is 2.39. The molecular weight excluding hydrogens is 205 g/mol. The van der Waals surface area contributed by atoms with Gasteiger partial charge < -0.3 is 10.4 Å². The van der Waals surface area contributed by atoms with Gasteiger partial charge in [0.25, 0.3) is 0 Å². The normalized spacial score (nSPS) is 25.1. The Morgan fingerprint density at radius 2 is 2.12 bits per heavy atom. The van der Waals surface area contributed by atoms with Gasteiger partial charge in [-0.15, -0.1) is 0 Å². The van der Waals surface area contributed by atoms with Crippen LogP contribution in [0.5, 0.6) is 0 Å². The van der Waals surface area contributed by atoms with Gasteiger partial charge in [-0.25, -0.2) is 4.39 Å². The maximum absolute atomic E-state index is 13.7. The molecule has 1 aromatic rings. The smallest absolute Gasteiger partial charge is 0.129 e. The van der Waals surface area contributed by atoms with Gasteiger partial charge in [-0.1, -0.05) is 24.6 Å². The highest BCUT2D eigenvalue weighted by Crippen LogP contribution is 2.30. The monoisotopic (exact) mass is 223 g/mol. The Balaban J connectivity index is 2.26. The molecule has 1 fully saturated rings. The zero-order valence-corrected chi connectivity index (χ0v) is 9.54. The first-order valence-corrected chi connectivity index (χ1v) is 5.83. The molecule has 1 heterocycles. The van der Waals surface area contributed by atoms with Crippen molar-refractivity contribution >= 4 is 0 Å². The molecule has 0 spiro atoms. The predicted octanol–water partition coefficient (Wildman–Crippen LogP) is 2.18. The Morgan fingerprint density at radius 3 is 2.75 bits per heavy atom. The highest BCUT2D eigenvalue weighted by molar-refractivity contribution is 5.25. The topological polar surface area (TPSA) is 32.3 Å². The summed E-state index contributed by atoms with van der Waals surface area (Å²) in [5.74, 6) is -0.333. The second-order valence-corrected chi connectivity index (χ2v) is 4.63. The van der Waals surface area contributed by atoms with Crippen LogP contribution < -0.4 is 5.32 Å². The lowest BCUT2D eigenvalue weighted by Crippen LogP contribution is -2.49. The van der Waals surface area contributed by atoms with Crippen LogP contribution in [0.1, 0.15) is 31.7 Å². The summed E-state index contributed by atoms with van der Waals surface area (Å²) < 4.78 is 13.7. The summed E-state index contributed by atoms with van der Waals surface area (Å²) in [7, 11) is 0. The molecule has 2 nitrogen and oxygen atoms in total. The van der Waals surface area contributed by atoms with Crippen LogP contribution in [0.15, 0.2) is 24.3 Å². The second kappa shape index (κ2) is 4.52. The van der Waals surface area contributed by atoms with E-state index < -0.39 is 5.60 Å². The van der Waals surface area contributed by atoms with Crippen molar-refractivity contribution < 1.29 is 9.50 Å². The fraction of sp³-hybridized carbons (Fsp3) is 0.538. The van der Waals surface area contributed by atoms with E-state index in [0.29, 0.717) is 5.56 Å². The average Bonchev–Trinajstić information content (AvgIpc) is 2.30. The fourth-order valence-electron chi connectivity index (χ4n) is 2.39. The van der Waals surface area contributed by atoms with Crippen LogP contribution in [-0.4, -0.2) is 17.7 Å². The Labute approximate surface area is 95.5 Å². The van der Waals surface area contributed by atoms with E-state index >= 15 is 0 Å². The first-order valence-electron chi connectivity index (χ1n) is 5.83. The Bertz CT molecular complexity index is 359. The first-order chi connectivity index (χ1) is 7.62. The summed E-state index contributed by atoms with van der Waals surface area (Å²) in [4.78, 5) is 0. The highest BCUT2D eigenvalue weighted by atomic mass is 19.1. The van der Waals surface area contributed by atoms with Crippen LogP contribution in [0.2, 0.25) is 0 Å². The van der Waals surface area contributed by atoms with E-state index in [0.717, 1.165) is 25.8 Å². The molecule has 0 aromatic heterocycles. The molecule has 2 rings (SSSR count). The third-order valence-electron chi connectivity index (χ3n) is 3.41. The largest absolute Gasteiger partial charge is 0.384 e. The number of aliphatic hydroxyl groups is 1. The summed E-state index contributed by atoms with van der Waals surface area (Å²) in [6, 6.07) is 6.40. The third kappa shape index (κ3) is 2.11. The molecule has 2 unspecified atom stereocenters. The Hall–Kier alpha value is -0.930. The van der Waals surface area contributed by atoms with Crippen molar-refractivity contribution in [2.75, 3.05) is 6.54 Å². The van der Waals surface area contributed by atoms with Crippen molar-refractivity contribution in [2.45, 2.75) is 37.8 Å². The summed E-state index contributed by atoms with van der Waals surface area (Å²) >= 11 is 0. The number of benzene rings is 1. The maximum atomic E-state index is 13.7. The number of rotatable bonds is 2. The zero-order valence-electron chi connectivity index (χ0n) is 9.54. The zero-order chi connectivity index (χ0) is 11.6. The minimum Gasteiger partial charge on any atom is -0.384 e. The van der Waals surface area contributed by atoms with Gasteiger partial charge >= 0.3 is 0 Å². The van der Waals surface area contributed by atoms with Gasteiger partial charge in [0.15, 0.2) is 0 Å². The lowest BCUT2D eigenvalue weighted by atomic mass is 9.83. The SMILES string of the molecule is CC(O)(c1ccccc1F)C1CCCCN1. The molecule has 2 N–H and O–H groups in total. The average molecular weight is 223 g/mol. The maximum Gasteiger partial charge on any atom is 0.129 e. The lowest BCUT2D eigenvalue weighted by molar-refractivity contribution is 0.00263. The summed E-state index contributed by atoms with van der Waals surface area (Å²) in [6.07, 6.45) is 3.10. The van der Waals surface area contributed by atoms with Gasteiger partial charge in [0.05, 0.1) is 0 Å². The van der Waals surface area contributed by atoms with E-state index in [1.807, 2.05) is 0 Å². The highest BCUT2D eigenvalue weighted by Gasteiger charge is 2.36. The van der Waals surface area contributed by atoms with E-state index in [9.17, 15) is 9.50 Å². The molecular formula is C13H18FNO. The van der Waals surface area contributed by atoms with Gasteiger partial charge in [0.2, 0.25) is 0 Å². The molecule has 1 aliphatic heterocycles. The van der Waals surface area contributed by atoms with Gasteiger partial charge in [-0.2, -0.15) is 0 Å². The Kier molecular flexibility index (Phi) is 3.26. The van der Waals surface area contributed by atoms with Crippen molar-refractivity contribution in [3.05, 3.63) is 35.6 Å². The molecule has 1 aliphatic rings. The quantitative estimate of drug-likeness (QED) is 0.805. The van der Waals surface area contributed by atoms with Gasteiger partial charge in [-0.05, 0) is 32.4 Å². The number of piperidine rings is 1. The minimum atomic E-state index is -1.13. The van der Waals surface area contributed by atoms with Crippen LogP contribution in [0.3, 0.4) is 0 Å². The molecule has 0 saturated carbocycles. The number of hydrogen-bond acceptors (Lipinski definition) is 2. The molecule has 0 aliphatic carbocycles. The van der Waals surface area contributed by atoms with Crippen molar-refractivity contribution in [3.8, 4) is 0 Å². The van der Waals surface area contributed by atoms with Crippen molar-refractivity contribution in [2.24, 2.45) is 0 Å². The number of nitrogens with one attached hydrogen (secondary N) is 1. The summed E-state index contributed by atoms with van der Waals surface area (Å²) in [5, 5.41) is 13.8. The lowest BCUT2D eigenvalue weighted by Gasteiger charge is -2.36. The van der Waals surface area contributed by atoms with Crippen molar-refractivity contribution in [1.82, 2.24) is 5.32 Å². The molecule has 0 radical (unpaired) electrons. The minimum absolute atomic E-state index is 0.0573. The van der Waals surface area contributed by atoms with Gasteiger partial charge in [-0.3, -0.25) is 0 Å². The molecule has 3 heteroatoms. The first kappa shape index (κ1) is 11.6. The van der Waals surface area contributed by atoms with Crippen LogP contribution in [0.4, 0.5) is 4.39 Å². The van der Waals surface area contributed by atoms with Gasteiger partial charge in [0.1, 0.15) is 11.4 Å². The molecule has 0 bridgehead atoms. The predicted molar refractivity (Wildman–Crippen MR) is 61.6 cm³/mol. The molecule has 1 aromatic carbocycles. The van der Waals surface area contributed by atoms with Crippen LogP contribution in [0.25, 0.3) is 0 Å². The Morgan fingerprint density at radius 1 is 1.38 bits per heavy atom. The third-order valence-corrected chi connectivity index (χ3v) is 3.41.